The normalized spacial score (nSPS) is 11.6. The number of H-pyrrole nitrogens is 2. The van der Waals surface area contributed by atoms with E-state index in [9.17, 15) is 13.2 Å². The van der Waals surface area contributed by atoms with Gasteiger partial charge in [0.1, 0.15) is 18.1 Å². The summed E-state index contributed by atoms with van der Waals surface area (Å²) in [5.74, 6) is 0.409. The highest BCUT2D eigenvalue weighted by atomic mass is 19.4. The third kappa shape index (κ3) is 8.41. The number of nitrogens with zero attached hydrogens (tertiary/aromatic N) is 4. The zero-order valence-corrected chi connectivity index (χ0v) is 22.4. The van der Waals surface area contributed by atoms with Gasteiger partial charge in [-0.25, -0.2) is 0 Å². The molecule has 3 heterocycles. The lowest BCUT2D eigenvalue weighted by atomic mass is 10.1. The van der Waals surface area contributed by atoms with Gasteiger partial charge in [0, 0.05) is 36.7 Å². The number of halogens is 3. The molecule has 2 aromatic carbocycles. The second-order valence-electron chi connectivity index (χ2n) is 9.31. The van der Waals surface area contributed by atoms with E-state index < -0.39 is 6.36 Å². The van der Waals surface area contributed by atoms with Crippen LogP contribution in [0.25, 0.3) is 22.0 Å². The molecule has 0 saturated heterocycles. The summed E-state index contributed by atoms with van der Waals surface area (Å²) >= 11 is 0. The lowest BCUT2D eigenvalue weighted by Gasteiger charge is -2.14. The number of benzene rings is 2. The van der Waals surface area contributed by atoms with Crippen LogP contribution < -0.4 is 20.1 Å². The first-order valence-corrected chi connectivity index (χ1v) is 13.2. The van der Waals surface area contributed by atoms with Gasteiger partial charge in [0.2, 0.25) is 0 Å². The van der Waals surface area contributed by atoms with Crippen LogP contribution >= 0.6 is 0 Å². The minimum absolute atomic E-state index is 0.294. The van der Waals surface area contributed by atoms with Crippen molar-refractivity contribution in [3.63, 3.8) is 0 Å². The van der Waals surface area contributed by atoms with Crippen LogP contribution in [0, 0.1) is 0 Å². The second-order valence-corrected chi connectivity index (χ2v) is 9.31. The van der Waals surface area contributed by atoms with E-state index in [0.717, 1.165) is 34.9 Å². The van der Waals surface area contributed by atoms with Crippen molar-refractivity contribution in [3.05, 3.63) is 72.9 Å². The maximum atomic E-state index is 12.8. The number of rotatable bonds is 15. The fraction of sp³-hybridized carbons (Fsp3) is 0.286. The van der Waals surface area contributed by atoms with Crippen molar-refractivity contribution in [2.45, 2.75) is 25.7 Å². The van der Waals surface area contributed by atoms with Gasteiger partial charge in [0.15, 0.2) is 0 Å². The summed E-state index contributed by atoms with van der Waals surface area (Å²) in [5.41, 5.74) is 4.44. The summed E-state index contributed by atoms with van der Waals surface area (Å²) in [6.07, 6.45) is 5.05. The molecule has 42 heavy (non-hydrogen) atoms. The summed E-state index contributed by atoms with van der Waals surface area (Å²) in [4.78, 5) is 0. The number of nitrogens with one attached hydrogen (secondary N) is 4. The maximum Gasteiger partial charge on any atom is 0.573 e. The molecule has 0 atom stereocenters. The van der Waals surface area contributed by atoms with E-state index in [1.807, 2.05) is 18.2 Å². The Balaban J connectivity index is 1.02. The largest absolute Gasteiger partial charge is 0.573 e. The first-order valence-electron chi connectivity index (χ1n) is 13.2. The van der Waals surface area contributed by atoms with Gasteiger partial charge in [-0.15, -0.1) is 13.2 Å². The Labute approximate surface area is 238 Å². The quantitative estimate of drug-likeness (QED) is 0.121. The van der Waals surface area contributed by atoms with Crippen LogP contribution in [0.1, 0.15) is 18.4 Å². The van der Waals surface area contributed by atoms with Crippen LogP contribution in [0.3, 0.4) is 0 Å². The molecule has 0 radical (unpaired) electrons. The minimum Gasteiger partial charge on any atom is -0.490 e. The standard InChI is InChI=1S/C28H29F3N8O3/c29-28(30,31)42-24-10-19(9-22(13-24)38-23-16-35-36-17-23)14-32-4-1-2-6-40-7-8-41-27-12-21(20-3-5-33-34-15-20)11-26-25(27)18-37-39-26/h3,5,9-13,15-18,32,38H,1-2,4,6-8,14H2,(H,35,36)(H,37,39). The molecule has 0 aliphatic heterocycles. The van der Waals surface area contributed by atoms with Crippen molar-refractivity contribution >= 4 is 22.3 Å². The van der Waals surface area contributed by atoms with E-state index in [-0.39, 0.29) is 5.75 Å². The van der Waals surface area contributed by atoms with E-state index in [0.29, 0.717) is 55.6 Å². The number of unbranched alkanes of at least 4 members (excludes halogenated alkanes) is 1. The zero-order valence-electron chi connectivity index (χ0n) is 22.4. The number of aromatic amines is 2. The number of hydrogen-bond acceptors (Lipinski definition) is 9. The van der Waals surface area contributed by atoms with Gasteiger partial charge in [-0.2, -0.15) is 20.4 Å². The molecule has 5 rings (SSSR count). The highest BCUT2D eigenvalue weighted by Crippen LogP contribution is 2.31. The molecule has 3 aromatic heterocycles. The zero-order chi connectivity index (χ0) is 29.2. The van der Waals surface area contributed by atoms with Gasteiger partial charge < -0.3 is 24.8 Å². The fourth-order valence-corrected chi connectivity index (χ4v) is 4.28. The average molecular weight is 583 g/mol. The predicted octanol–water partition coefficient (Wildman–Crippen LogP) is 5.35. The first-order chi connectivity index (χ1) is 20.4. The van der Waals surface area contributed by atoms with Crippen molar-refractivity contribution in [1.82, 2.24) is 35.9 Å². The van der Waals surface area contributed by atoms with Crippen LogP contribution in [0.5, 0.6) is 11.5 Å². The van der Waals surface area contributed by atoms with Gasteiger partial charge in [-0.05, 0) is 60.8 Å². The van der Waals surface area contributed by atoms with Crippen LogP contribution in [-0.2, 0) is 11.3 Å². The number of fused-ring (bicyclic) bond motifs is 1. The third-order valence-corrected chi connectivity index (χ3v) is 6.13. The highest BCUT2D eigenvalue weighted by Gasteiger charge is 2.31. The molecule has 220 valence electrons. The smallest absolute Gasteiger partial charge is 0.490 e. The van der Waals surface area contributed by atoms with Crippen LogP contribution in [0.15, 0.2) is 67.4 Å². The molecule has 0 fully saturated rings. The molecule has 0 amide bonds. The summed E-state index contributed by atoms with van der Waals surface area (Å²) in [7, 11) is 0. The Morgan fingerprint density at radius 1 is 0.857 bits per heavy atom. The van der Waals surface area contributed by atoms with Crippen LogP contribution in [0.2, 0.25) is 0 Å². The number of anilines is 2. The van der Waals surface area contributed by atoms with Crippen molar-refractivity contribution < 1.29 is 27.4 Å². The Kier molecular flexibility index (Phi) is 9.46. The van der Waals surface area contributed by atoms with E-state index >= 15 is 0 Å². The van der Waals surface area contributed by atoms with Crippen molar-refractivity contribution in [2.75, 3.05) is 31.7 Å². The summed E-state index contributed by atoms with van der Waals surface area (Å²) in [5, 5.41) is 28.5. The van der Waals surface area contributed by atoms with Crippen LogP contribution in [-0.4, -0.2) is 63.3 Å². The molecule has 0 spiro atoms. The van der Waals surface area contributed by atoms with Gasteiger partial charge in [-0.3, -0.25) is 10.2 Å². The number of alkyl halides is 3. The molecule has 11 nitrogen and oxygen atoms in total. The molecule has 0 unspecified atom stereocenters. The van der Waals surface area contributed by atoms with Crippen molar-refractivity contribution in [1.29, 1.82) is 0 Å². The highest BCUT2D eigenvalue weighted by molar-refractivity contribution is 5.89. The van der Waals surface area contributed by atoms with E-state index in [4.69, 9.17) is 9.47 Å². The second kappa shape index (κ2) is 13.8. The third-order valence-electron chi connectivity index (χ3n) is 6.13. The molecule has 5 aromatic rings. The predicted molar refractivity (Wildman–Crippen MR) is 149 cm³/mol. The molecule has 0 bridgehead atoms. The minimum atomic E-state index is -4.78. The number of ether oxygens (including phenoxy) is 3. The Hall–Kier alpha value is -4.69. The Morgan fingerprint density at radius 2 is 1.79 bits per heavy atom. The van der Waals surface area contributed by atoms with Crippen LogP contribution in [0.4, 0.5) is 24.5 Å². The van der Waals surface area contributed by atoms with Gasteiger partial charge in [-0.1, -0.05) is 0 Å². The SMILES string of the molecule is FC(F)(F)Oc1cc(CNCCCCOCCOc2cc(-c3ccnnc3)cc3[nH]ncc23)cc(Nc2cn[nH]c2)c1. The fourth-order valence-electron chi connectivity index (χ4n) is 4.28. The Bertz CT molecular complexity index is 1550. The van der Waals surface area contributed by atoms with Crippen molar-refractivity contribution in [3.8, 4) is 22.6 Å². The maximum absolute atomic E-state index is 12.8. The molecular weight excluding hydrogens is 553 g/mol. The molecule has 4 N–H and O–H groups in total. The molecule has 0 saturated carbocycles. The summed E-state index contributed by atoms with van der Waals surface area (Å²) in [6.45, 7) is 2.40. The number of hydrogen-bond donors (Lipinski definition) is 4. The lowest BCUT2D eigenvalue weighted by Crippen LogP contribution is -2.18. The van der Waals surface area contributed by atoms with Gasteiger partial charge in [0.05, 0.1) is 48.0 Å². The molecule has 0 aliphatic carbocycles. The van der Waals surface area contributed by atoms with E-state index in [1.54, 1.807) is 30.9 Å². The molecule has 14 heteroatoms. The first kappa shape index (κ1) is 28.8. The molecular formula is C28H29F3N8O3. The van der Waals surface area contributed by atoms with Gasteiger partial charge >= 0.3 is 6.36 Å². The van der Waals surface area contributed by atoms with Gasteiger partial charge in [0.25, 0.3) is 0 Å². The average Bonchev–Trinajstić information content (AvgIpc) is 3.66. The molecule has 0 aliphatic rings. The monoisotopic (exact) mass is 582 g/mol. The number of aromatic nitrogens is 6. The summed E-state index contributed by atoms with van der Waals surface area (Å²) in [6, 6.07) is 10.2. The van der Waals surface area contributed by atoms with E-state index in [2.05, 4.69) is 46.0 Å². The van der Waals surface area contributed by atoms with Crippen molar-refractivity contribution in [2.24, 2.45) is 0 Å². The topological polar surface area (TPSA) is 135 Å². The summed E-state index contributed by atoms with van der Waals surface area (Å²) < 4.78 is 54.2. The lowest BCUT2D eigenvalue weighted by molar-refractivity contribution is -0.274. The van der Waals surface area contributed by atoms with E-state index in [1.165, 1.54) is 18.3 Å². The Morgan fingerprint density at radius 3 is 2.60 bits per heavy atom.